The van der Waals surface area contributed by atoms with Gasteiger partial charge in [-0.15, -0.1) is 0 Å². The fraction of sp³-hybridized carbons (Fsp3) is 0.611. The highest BCUT2D eigenvalue weighted by Crippen LogP contribution is 2.30. The van der Waals surface area contributed by atoms with Crippen LogP contribution in [0.4, 0.5) is 0 Å². The van der Waals surface area contributed by atoms with Gasteiger partial charge >= 0.3 is 0 Å². The zero-order valence-electron chi connectivity index (χ0n) is 12.9. The highest BCUT2D eigenvalue weighted by Gasteiger charge is 2.33. The Hall–Kier alpha value is -1.35. The van der Waals surface area contributed by atoms with Crippen LogP contribution in [0.1, 0.15) is 48.8 Å². The number of aliphatic hydroxyl groups is 1. The molecular formula is C18H25NO2. The van der Waals surface area contributed by atoms with Gasteiger partial charge < -0.3 is 10.0 Å². The minimum Gasteiger partial charge on any atom is -0.388 e. The first-order chi connectivity index (χ1) is 10.1. The molecule has 3 heteroatoms. The Balaban J connectivity index is 1.60. The van der Waals surface area contributed by atoms with E-state index in [0.717, 1.165) is 37.7 Å². The minimum absolute atomic E-state index is 0.105. The highest BCUT2D eigenvalue weighted by atomic mass is 16.3. The van der Waals surface area contributed by atoms with Crippen LogP contribution in [0, 0.1) is 0 Å². The first kappa shape index (κ1) is 14.6. The average Bonchev–Trinajstić information content (AvgIpc) is 3.07. The Kier molecular flexibility index (Phi) is 4.03. The summed E-state index contributed by atoms with van der Waals surface area (Å²) in [5.74, 6) is 0.105. The van der Waals surface area contributed by atoms with Gasteiger partial charge in [0.25, 0.3) is 0 Å². The lowest BCUT2D eigenvalue weighted by Gasteiger charge is -2.28. The summed E-state index contributed by atoms with van der Waals surface area (Å²) >= 11 is 0. The van der Waals surface area contributed by atoms with Gasteiger partial charge in [-0.25, -0.2) is 0 Å². The number of amides is 1. The lowest BCUT2D eigenvalue weighted by atomic mass is 10.0. The number of likely N-dealkylation sites (N-methyl/N-ethyl adjacent to an activating group) is 1. The van der Waals surface area contributed by atoms with E-state index in [4.69, 9.17) is 0 Å². The number of carbonyl (C=O) groups is 1. The van der Waals surface area contributed by atoms with Crippen molar-refractivity contribution >= 4 is 5.91 Å². The topological polar surface area (TPSA) is 40.5 Å². The van der Waals surface area contributed by atoms with Crippen LogP contribution in [0.2, 0.25) is 0 Å². The molecule has 3 nitrogen and oxygen atoms in total. The van der Waals surface area contributed by atoms with Crippen LogP contribution in [0.25, 0.3) is 0 Å². The van der Waals surface area contributed by atoms with E-state index in [9.17, 15) is 9.90 Å². The second kappa shape index (κ2) is 5.80. The van der Waals surface area contributed by atoms with Crippen molar-refractivity contribution in [2.24, 2.45) is 0 Å². The molecule has 0 spiro atoms. The van der Waals surface area contributed by atoms with E-state index < -0.39 is 5.60 Å². The highest BCUT2D eigenvalue weighted by molar-refractivity contribution is 5.78. The lowest BCUT2D eigenvalue weighted by Crippen LogP contribution is -2.42. The largest absolute Gasteiger partial charge is 0.388 e. The predicted octanol–water partition coefficient (Wildman–Crippen LogP) is 2.48. The van der Waals surface area contributed by atoms with Gasteiger partial charge in [0.1, 0.15) is 0 Å². The summed E-state index contributed by atoms with van der Waals surface area (Å²) in [6, 6.07) is 6.45. The van der Waals surface area contributed by atoms with Crippen molar-refractivity contribution in [2.45, 2.75) is 57.0 Å². The summed E-state index contributed by atoms with van der Waals surface area (Å²) < 4.78 is 0. The summed E-state index contributed by atoms with van der Waals surface area (Å²) in [5, 5.41) is 10.4. The maximum atomic E-state index is 12.4. The monoisotopic (exact) mass is 287 g/mol. The molecule has 1 saturated carbocycles. The average molecular weight is 287 g/mol. The van der Waals surface area contributed by atoms with Crippen LogP contribution in [0.5, 0.6) is 0 Å². The quantitative estimate of drug-likeness (QED) is 0.924. The van der Waals surface area contributed by atoms with E-state index >= 15 is 0 Å². The number of benzene rings is 1. The van der Waals surface area contributed by atoms with E-state index in [0.29, 0.717) is 13.0 Å². The molecule has 0 saturated heterocycles. The smallest absolute Gasteiger partial charge is 0.226 e. The third-order valence-electron chi connectivity index (χ3n) is 5.01. The van der Waals surface area contributed by atoms with Crippen LogP contribution in [-0.4, -0.2) is 35.1 Å². The van der Waals surface area contributed by atoms with E-state index in [1.807, 2.05) is 7.05 Å². The second-order valence-electron chi connectivity index (χ2n) is 6.81. The number of rotatable bonds is 4. The third kappa shape index (κ3) is 3.29. The molecule has 114 valence electrons. The Labute approximate surface area is 127 Å². The third-order valence-corrected chi connectivity index (χ3v) is 5.01. The van der Waals surface area contributed by atoms with E-state index in [1.165, 1.54) is 24.0 Å². The summed E-state index contributed by atoms with van der Waals surface area (Å²) in [6.45, 7) is 0.469. The first-order valence-electron chi connectivity index (χ1n) is 8.13. The summed E-state index contributed by atoms with van der Waals surface area (Å²) in [5.41, 5.74) is 3.31. The van der Waals surface area contributed by atoms with E-state index in [1.54, 1.807) is 4.90 Å². The number of carbonyl (C=O) groups excluding carboxylic acids is 1. The van der Waals surface area contributed by atoms with Gasteiger partial charge in [0.2, 0.25) is 5.91 Å². The van der Waals surface area contributed by atoms with Gasteiger partial charge in [-0.05, 0) is 48.8 Å². The Morgan fingerprint density at radius 3 is 2.67 bits per heavy atom. The number of hydrogen-bond donors (Lipinski definition) is 1. The number of hydrogen-bond acceptors (Lipinski definition) is 2. The molecular weight excluding hydrogens is 262 g/mol. The minimum atomic E-state index is -0.650. The summed E-state index contributed by atoms with van der Waals surface area (Å²) in [6.07, 6.45) is 7.79. The molecule has 0 aromatic heterocycles. The summed E-state index contributed by atoms with van der Waals surface area (Å²) in [4.78, 5) is 14.1. The molecule has 1 aromatic rings. The lowest BCUT2D eigenvalue weighted by molar-refractivity contribution is -0.132. The zero-order chi connectivity index (χ0) is 14.9. The summed E-state index contributed by atoms with van der Waals surface area (Å²) in [7, 11) is 1.81. The molecule has 1 amide bonds. The normalized spacial score (nSPS) is 19.5. The molecule has 2 aliphatic rings. The Morgan fingerprint density at radius 1 is 1.19 bits per heavy atom. The van der Waals surface area contributed by atoms with Crippen LogP contribution >= 0.6 is 0 Å². The van der Waals surface area contributed by atoms with E-state index in [2.05, 4.69) is 18.2 Å². The van der Waals surface area contributed by atoms with Gasteiger partial charge in [-0.2, -0.15) is 0 Å². The first-order valence-corrected chi connectivity index (χ1v) is 8.13. The maximum Gasteiger partial charge on any atom is 0.226 e. The van der Waals surface area contributed by atoms with Crippen molar-refractivity contribution in [3.05, 3.63) is 34.9 Å². The van der Waals surface area contributed by atoms with Crippen LogP contribution in [-0.2, 0) is 24.1 Å². The molecule has 1 N–H and O–H groups in total. The molecule has 1 aromatic carbocycles. The fourth-order valence-electron chi connectivity index (χ4n) is 3.77. The van der Waals surface area contributed by atoms with Gasteiger partial charge in [0.05, 0.1) is 12.0 Å². The van der Waals surface area contributed by atoms with Gasteiger partial charge in [0.15, 0.2) is 0 Å². The molecule has 0 unspecified atom stereocenters. The van der Waals surface area contributed by atoms with Crippen molar-refractivity contribution < 1.29 is 9.90 Å². The SMILES string of the molecule is CN(CC1(O)CCCC1)C(=O)Cc1ccc2c(c1)CCC2. The van der Waals surface area contributed by atoms with Gasteiger partial charge in [0, 0.05) is 13.6 Å². The standard InChI is InChI=1S/C18H25NO2/c1-19(13-18(21)9-2-3-10-18)17(20)12-14-7-8-15-5-4-6-16(15)11-14/h7-8,11,21H,2-6,9-10,12-13H2,1H3. The zero-order valence-corrected chi connectivity index (χ0v) is 12.9. The fourth-order valence-corrected chi connectivity index (χ4v) is 3.77. The molecule has 0 heterocycles. The molecule has 0 atom stereocenters. The number of fused-ring (bicyclic) bond motifs is 1. The van der Waals surface area contributed by atoms with Crippen molar-refractivity contribution in [2.75, 3.05) is 13.6 Å². The second-order valence-corrected chi connectivity index (χ2v) is 6.81. The van der Waals surface area contributed by atoms with Crippen LogP contribution in [0.3, 0.4) is 0 Å². The molecule has 1 fully saturated rings. The molecule has 0 radical (unpaired) electrons. The number of aryl methyl sites for hydroxylation is 2. The molecule has 21 heavy (non-hydrogen) atoms. The molecule has 0 bridgehead atoms. The van der Waals surface area contributed by atoms with Crippen molar-refractivity contribution in [3.8, 4) is 0 Å². The van der Waals surface area contributed by atoms with E-state index in [-0.39, 0.29) is 5.91 Å². The van der Waals surface area contributed by atoms with Gasteiger partial charge in [-0.3, -0.25) is 4.79 Å². The number of nitrogens with zero attached hydrogens (tertiary/aromatic N) is 1. The Morgan fingerprint density at radius 2 is 1.90 bits per heavy atom. The Bertz CT molecular complexity index is 532. The molecule has 2 aliphatic carbocycles. The maximum absolute atomic E-state index is 12.4. The predicted molar refractivity (Wildman–Crippen MR) is 83.2 cm³/mol. The van der Waals surface area contributed by atoms with Crippen LogP contribution in [0.15, 0.2) is 18.2 Å². The van der Waals surface area contributed by atoms with Gasteiger partial charge in [-0.1, -0.05) is 31.0 Å². The van der Waals surface area contributed by atoms with Crippen molar-refractivity contribution in [1.29, 1.82) is 0 Å². The molecule has 3 rings (SSSR count). The molecule has 0 aliphatic heterocycles. The van der Waals surface area contributed by atoms with Crippen molar-refractivity contribution in [3.63, 3.8) is 0 Å². The van der Waals surface area contributed by atoms with Crippen LogP contribution < -0.4 is 0 Å². The van der Waals surface area contributed by atoms with Crippen molar-refractivity contribution in [1.82, 2.24) is 4.90 Å².